The van der Waals surface area contributed by atoms with Gasteiger partial charge in [0.15, 0.2) is 0 Å². The number of methoxy groups -OCH3 is 1. The first kappa shape index (κ1) is 23.1. The van der Waals surface area contributed by atoms with Crippen LogP contribution in [0, 0.1) is 0 Å². The second kappa shape index (κ2) is 9.90. The molecule has 1 atom stereocenters. The quantitative estimate of drug-likeness (QED) is 0.224. The van der Waals surface area contributed by atoms with Crippen LogP contribution in [0.4, 0.5) is 0 Å². The van der Waals surface area contributed by atoms with Crippen molar-refractivity contribution in [1.82, 2.24) is 14.7 Å². The van der Waals surface area contributed by atoms with E-state index in [2.05, 4.69) is 0 Å². The van der Waals surface area contributed by atoms with Crippen molar-refractivity contribution < 1.29 is 9.53 Å². The van der Waals surface area contributed by atoms with Gasteiger partial charge in [0.1, 0.15) is 15.8 Å². The molecule has 0 N–H and O–H groups in total. The minimum atomic E-state index is -0.153. The van der Waals surface area contributed by atoms with Crippen molar-refractivity contribution in [2.24, 2.45) is 0 Å². The molecule has 7 heteroatoms. The van der Waals surface area contributed by atoms with Crippen molar-refractivity contribution in [3.8, 4) is 22.7 Å². The van der Waals surface area contributed by atoms with Gasteiger partial charge in [-0.25, -0.2) is 4.68 Å². The first-order valence-corrected chi connectivity index (χ1v) is 12.4. The van der Waals surface area contributed by atoms with Crippen LogP contribution in [0.5, 0.6) is 5.75 Å². The van der Waals surface area contributed by atoms with E-state index in [1.165, 1.54) is 11.8 Å². The number of benzene rings is 3. The smallest absolute Gasteiger partial charge is 0.266 e. The fraction of sp³-hybridized carbons (Fsp3) is 0.107. The van der Waals surface area contributed by atoms with Gasteiger partial charge in [0.25, 0.3) is 5.91 Å². The highest BCUT2D eigenvalue weighted by Gasteiger charge is 2.36. The molecule has 0 aliphatic carbocycles. The third kappa shape index (κ3) is 4.65. The Balaban J connectivity index is 1.56. The molecule has 4 aromatic rings. The monoisotopic (exact) mass is 497 g/mol. The summed E-state index contributed by atoms with van der Waals surface area (Å²) in [7, 11) is 1.64. The predicted octanol–water partition coefficient (Wildman–Crippen LogP) is 6.51. The molecule has 1 amide bonds. The molecule has 1 unspecified atom stereocenters. The van der Waals surface area contributed by atoms with Crippen molar-refractivity contribution in [2.45, 2.75) is 13.0 Å². The Hall–Kier alpha value is -3.68. The standard InChI is InChI=1S/C28H23N3O2S2/c1-19(20-10-5-3-6-11-20)31-27(32)25(35-28(31)34)17-22-18-30(23-13-7-4-8-14-23)29-26(22)21-12-9-15-24(16-21)33-2/h3-19H,1-2H3/b25-17-. The van der Waals surface area contributed by atoms with Gasteiger partial charge in [-0.2, -0.15) is 5.10 Å². The zero-order valence-electron chi connectivity index (χ0n) is 19.3. The van der Waals surface area contributed by atoms with Gasteiger partial charge >= 0.3 is 0 Å². The van der Waals surface area contributed by atoms with Crippen LogP contribution in [-0.4, -0.2) is 32.0 Å². The molecule has 1 aromatic heterocycles. The number of carbonyl (C=O) groups is 1. The molecule has 0 bridgehead atoms. The third-order valence-corrected chi connectivity index (χ3v) is 7.22. The summed E-state index contributed by atoms with van der Waals surface area (Å²) in [6, 6.07) is 27.4. The summed E-state index contributed by atoms with van der Waals surface area (Å²) in [5.41, 5.74) is 4.46. The van der Waals surface area contributed by atoms with Crippen molar-refractivity contribution in [3.05, 3.63) is 107 Å². The van der Waals surface area contributed by atoms with Gasteiger partial charge in [-0.1, -0.05) is 84.6 Å². The highest BCUT2D eigenvalue weighted by Crippen LogP contribution is 2.39. The van der Waals surface area contributed by atoms with E-state index in [9.17, 15) is 4.79 Å². The number of hydrogen-bond acceptors (Lipinski definition) is 5. The van der Waals surface area contributed by atoms with E-state index >= 15 is 0 Å². The van der Waals surface area contributed by atoms with Crippen LogP contribution in [-0.2, 0) is 4.79 Å². The summed E-state index contributed by atoms with van der Waals surface area (Å²) in [5.74, 6) is 0.645. The minimum absolute atomic E-state index is 0.0968. The first-order valence-electron chi connectivity index (χ1n) is 11.2. The molecule has 5 nitrogen and oxygen atoms in total. The molecular formula is C28H23N3O2S2. The number of hydrogen-bond donors (Lipinski definition) is 0. The third-order valence-electron chi connectivity index (χ3n) is 5.89. The summed E-state index contributed by atoms with van der Waals surface area (Å²) < 4.78 is 7.80. The number of thiocarbonyl (C=S) groups is 1. The lowest BCUT2D eigenvalue weighted by atomic mass is 10.1. The lowest BCUT2D eigenvalue weighted by Crippen LogP contribution is -2.30. The number of aromatic nitrogens is 2. The summed E-state index contributed by atoms with van der Waals surface area (Å²) in [6.45, 7) is 2.00. The Bertz CT molecular complexity index is 1410. The Morgan fingerprint density at radius 1 is 1.00 bits per heavy atom. The van der Waals surface area contributed by atoms with E-state index in [4.69, 9.17) is 22.1 Å². The van der Waals surface area contributed by atoms with E-state index in [0.29, 0.717) is 9.23 Å². The van der Waals surface area contributed by atoms with Crippen molar-refractivity contribution in [1.29, 1.82) is 0 Å². The van der Waals surface area contributed by atoms with Gasteiger partial charge in [-0.15, -0.1) is 0 Å². The van der Waals surface area contributed by atoms with Crippen LogP contribution in [0.25, 0.3) is 23.0 Å². The van der Waals surface area contributed by atoms with Crippen LogP contribution in [0.15, 0.2) is 96.0 Å². The Morgan fingerprint density at radius 3 is 2.43 bits per heavy atom. The number of ether oxygens (including phenoxy) is 1. The van der Waals surface area contributed by atoms with Crippen molar-refractivity contribution in [2.75, 3.05) is 7.11 Å². The van der Waals surface area contributed by atoms with Gasteiger partial charge in [-0.05, 0) is 42.8 Å². The Labute approximate surface area is 214 Å². The highest BCUT2D eigenvalue weighted by atomic mass is 32.2. The van der Waals surface area contributed by atoms with Crippen LogP contribution < -0.4 is 4.74 Å². The number of thioether (sulfide) groups is 1. The Kier molecular flexibility index (Phi) is 6.53. The number of rotatable bonds is 6. The average molecular weight is 498 g/mol. The highest BCUT2D eigenvalue weighted by molar-refractivity contribution is 8.26. The lowest BCUT2D eigenvalue weighted by molar-refractivity contribution is -0.123. The second-order valence-corrected chi connectivity index (χ2v) is 9.76. The van der Waals surface area contributed by atoms with E-state index in [-0.39, 0.29) is 11.9 Å². The molecule has 1 fully saturated rings. The lowest BCUT2D eigenvalue weighted by Gasteiger charge is -2.23. The number of amides is 1. The molecular weight excluding hydrogens is 474 g/mol. The van der Waals surface area contributed by atoms with Crippen LogP contribution in [0.3, 0.4) is 0 Å². The molecule has 174 valence electrons. The number of nitrogens with zero attached hydrogens (tertiary/aromatic N) is 3. The molecule has 2 heterocycles. The topological polar surface area (TPSA) is 47.4 Å². The zero-order chi connectivity index (χ0) is 24.4. The van der Waals surface area contributed by atoms with E-state index in [1.807, 2.05) is 109 Å². The van der Waals surface area contributed by atoms with Crippen LogP contribution >= 0.6 is 24.0 Å². The van der Waals surface area contributed by atoms with E-state index in [1.54, 1.807) is 12.0 Å². The van der Waals surface area contributed by atoms with E-state index < -0.39 is 0 Å². The predicted molar refractivity (Wildman–Crippen MR) is 145 cm³/mol. The minimum Gasteiger partial charge on any atom is -0.497 e. The largest absolute Gasteiger partial charge is 0.497 e. The molecule has 1 aliphatic heterocycles. The molecule has 35 heavy (non-hydrogen) atoms. The summed E-state index contributed by atoms with van der Waals surface area (Å²) >= 11 is 6.94. The Morgan fingerprint density at radius 2 is 1.71 bits per heavy atom. The fourth-order valence-corrected chi connectivity index (χ4v) is 5.45. The van der Waals surface area contributed by atoms with Crippen LogP contribution in [0.1, 0.15) is 24.1 Å². The average Bonchev–Trinajstić information content (AvgIpc) is 3.45. The molecule has 0 radical (unpaired) electrons. The molecule has 0 spiro atoms. The normalized spacial score (nSPS) is 15.6. The van der Waals surface area contributed by atoms with Gasteiger partial charge in [0.2, 0.25) is 0 Å². The molecule has 1 saturated heterocycles. The molecule has 3 aromatic carbocycles. The van der Waals surface area contributed by atoms with Crippen molar-refractivity contribution >= 4 is 40.3 Å². The SMILES string of the molecule is COc1cccc(-c2nn(-c3ccccc3)cc2/C=C2\SC(=S)N(C(C)c3ccccc3)C2=O)c1. The fourth-order valence-electron chi connectivity index (χ4n) is 4.04. The maximum absolute atomic E-state index is 13.5. The maximum Gasteiger partial charge on any atom is 0.266 e. The van der Waals surface area contributed by atoms with Gasteiger partial charge in [0, 0.05) is 17.3 Å². The van der Waals surface area contributed by atoms with E-state index in [0.717, 1.165) is 33.8 Å². The number of carbonyl (C=O) groups excluding carboxylic acids is 1. The molecule has 5 rings (SSSR count). The van der Waals surface area contributed by atoms with Gasteiger partial charge in [0.05, 0.1) is 23.7 Å². The van der Waals surface area contributed by atoms with Crippen molar-refractivity contribution in [3.63, 3.8) is 0 Å². The first-order chi connectivity index (χ1) is 17.0. The summed E-state index contributed by atoms with van der Waals surface area (Å²) in [4.78, 5) is 15.7. The molecule has 1 aliphatic rings. The summed E-state index contributed by atoms with van der Waals surface area (Å²) in [5, 5.41) is 4.86. The number of para-hydroxylation sites is 1. The second-order valence-electron chi connectivity index (χ2n) is 8.08. The maximum atomic E-state index is 13.5. The van der Waals surface area contributed by atoms with Gasteiger partial charge < -0.3 is 4.74 Å². The zero-order valence-corrected chi connectivity index (χ0v) is 20.9. The molecule has 0 saturated carbocycles. The van der Waals surface area contributed by atoms with Crippen LogP contribution in [0.2, 0.25) is 0 Å². The summed E-state index contributed by atoms with van der Waals surface area (Å²) in [6.07, 6.45) is 3.83. The van der Waals surface area contributed by atoms with Gasteiger partial charge in [-0.3, -0.25) is 9.69 Å².